The zero-order chi connectivity index (χ0) is 12.3. The van der Waals surface area contributed by atoms with Crippen LogP contribution in [0.4, 0.5) is 0 Å². The summed E-state index contributed by atoms with van der Waals surface area (Å²) in [6.07, 6.45) is 6.36. The minimum absolute atomic E-state index is 0.654. The molecule has 1 aromatic rings. The molecule has 0 radical (unpaired) electrons. The van der Waals surface area contributed by atoms with Crippen molar-refractivity contribution in [3.05, 3.63) is 18.2 Å². The first kappa shape index (κ1) is 12.6. The predicted octanol–water partition coefficient (Wildman–Crippen LogP) is 1.38. The second-order valence-corrected chi connectivity index (χ2v) is 5.24. The molecular weight excluding hydrogens is 212 g/mol. The molecule has 96 valence electrons. The van der Waals surface area contributed by atoms with Crippen LogP contribution in [-0.4, -0.2) is 39.6 Å². The summed E-state index contributed by atoms with van der Waals surface area (Å²) in [5.41, 5.74) is 0. The molecule has 1 saturated heterocycles. The summed E-state index contributed by atoms with van der Waals surface area (Å²) in [6, 6.07) is 1.34. The lowest BCUT2D eigenvalue weighted by Crippen LogP contribution is -2.44. The lowest BCUT2D eigenvalue weighted by molar-refractivity contribution is 0.160. The number of hydrogen-bond acceptors (Lipinski definition) is 3. The normalized spacial score (nSPS) is 19.1. The number of nitrogens with one attached hydrogen (secondary N) is 1. The molecule has 1 fully saturated rings. The summed E-state index contributed by atoms with van der Waals surface area (Å²) in [7, 11) is 2.05. The number of imidazole rings is 1. The van der Waals surface area contributed by atoms with Crippen molar-refractivity contribution in [2.24, 2.45) is 7.05 Å². The molecule has 1 aliphatic heterocycles. The summed E-state index contributed by atoms with van der Waals surface area (Å²) >= 11 is 0. The minimum atomic E-state index is 0.654. The molecule has 0 aromatic carbocycles. The average Bonchev–Trinajstić information content (AvgIpc) is 2.73. The van der Waals surface area contributed by atoms with Crippen molar-refractivity contribution < 1.29 is 0 Å². The lowest BCUT2D eigenvalue weighted by Gasteiger charge is -2.34. The summed E-state index contributed by atoms with van der Waals surface area (Å²) in [6.45, 7) is 7.88. The number of rotatable bonds is 4. The van der Waals surface area contributed by atoms with Crippen molar-refractivity contribution >= 4 is 0 Å². The largest absolute Gasteiger partial charge is 0.337 e. The molecule has 1 aliphatic rings. The number of piperidine rings is 1. The molecule has 1 aromatic heterocycles. The van der Waals surface area contributed by atoms with Crippen LogP contribution in [0.5, 0.6) is 0 Å². The van der Waals surface area contributed by atoms with Gasteiger partial charge < -0.3 is 14.8 Å². The Bertz CT molecular complexity index is 337. The molecule has 17 heavy (non-hydrogen) atoms. The fraction of sp³-hybridized carbons (Fsp3) is 0.769. The second kappa shape index (κ2) is 5.65. The van der Waals surface area contributed by atoms with E-state index in [1.165, 1.54) is 25.9 Å². The van der Waals surface area contributed by atoms with Gasteiger partial charge in [-0.25, -0.2) is 4.98 Å². The topological polar surface area (TPSA) is 33.1 Å². The van der Waals surface area contributed by atoms with Gasteiger partial charge in [-0.1, -0.05) is 0 Å². The quantitative estimate of drug-likeness (QED) is 0.857. The standard InChI is InChI=1S/C13H24N4/c1-11(2)17-7-4-12(5-8-17)15-10-13-14-6-9-16(13)3/h6,9,11-12,15H,4-5,7-8,10H2,1-3H3. The predicted molar refractivity (Wildman–Crippen MR) is 69.8 cm³/mol. The van der Waals surface area contributed by atoms with Gasteiger partial charge in [0, 0.05) is 31.5 Å². The van der Waals surface area contributed by atoms with Crippen LogP contribution >= 0.6 is 0 Å². The smallest absolute Gasteiger partial charge is 0.122 e. The Morgan fingerprint density at radius 3 is 2.65 bits per heavy atom. The van der Waals surface area contributed by atoms with Crippen LogP contribution in [0.3, 0.4) is 0 Å². The Morgan fingerprint density at radius 2 is 2.12 bits per heavy atom. The summed E-state index contributed by atoms with van der Waals surface area (Å²) in [4.78, 5) is 6.89. The Hall–Kier alpha value is -0.870. The molecule has 0 amide bonds. The van der Waals surface area contributed by atoms with E-state index in [1.807, 2.05) is 19.4 Å². The molecule has 4 heteroatoms. The highest BCUT2D eigenvalue weighted by Crippen LogP contribution is 2.13. The van der Waals surface area contributed by atoms with E-state index < -0.39 is 0 Å². The van der Waals surface area contributed by atoms with E-state index in [4.69, 9.17) is 0 Å². The maximum Gasteiger partial charge on any atom is 0.122 e. The number of likely N-dealkylation sites (tertiary alicyclic amines) is 1. The summed E-state index contributed by atoms with van der Waals surface area (Å²) in [5, 5.41) is 3.61. The van der Waals surface area contributed by atoms with Crippen molar-refractivity contribution in [2.75, 3.05) is 13.1 Å². The maximum atomic E-state index is 4.33. The molecular formula is C13H24N4. The first-order valence-electron chi connectivity index (χ1n) is 6.60. The fourth-order valence-corrected chi connectivity index (χ4v) is 2.42. The van der Waals surface area contributed by atoms with E-state index in [2.05, 4.69) is 33.6 Å². The van der Waals surface area contributed by atoms with Crippen molar-refractivity contribution in [1.29, 1.82) is 0 Å². The highest BCUT2D eigenvalue weighted by Gasteiger charge is 2.20. The van der Waals surface area contributed by atoms with Gasteiger partial charge >= 0.3 is 0 Å². The third-order valence-electron chi connectivity index (χ3n) is 3.73. The van der Waals surface area contributed by atoms with Crippen molar-refractivity contribution in [1.82, 2.24) is 19.8 Å². The maximum absolute atomic E-state index is 4.33. The first-order chi connectivity index (χ1) is 8.16. The second-order valence-electron chi connectivity index (χ2n) is 5.24. The van der Waals surface area contributed by atoms with E-state index in [1.54, 1.807) is 0 Å². The Morgan fingerprint density at radius 1 is 1.41 bits per heavy atom. The lowest BCUT2D eigenvalue weighted by atomic mass is 10.0. The van der Waals surface area contributed by atoms with Crippen molar-refractivity contribution in [3.8, 4) is 0 Å². The minimum Gasteiger partial charge on any atom is -0.337 e. The molecule has 2 rings (SSSR count). The molecule has 4 nitrogen and oxygen atoms in total. The number of aryl methyl sites for hydroxylation is 1. The molecule has 0 unspecified atom stereocenters. The summed E-state index contributed by atoms with van der Waals surface area (Å²) < 4.78 is 2.08. The van der Waals surface area contributed by atoms with Gasteiger partial charge in [0.15, 0.2) is 0 Å². The Kier molecular flexibility index (Phi) is 4.18. The zero-order valence-electron chi connectivity index (χ0n) is 11.2. The molecule has 1 N–H and O–H groups in total. The van der Waals surface area contributed by atoms with E-state index >= 15 is 0 Å². The van der Waals surface area contributed by atoms with Gasteiger partial charge in [-0.15, -0.1) is 0 Å². The van der Waals surface area contributed by atoms with Gasteiger partial charge in [-0.3, -0.25) is 0 Å². The van der Waals surface area contributed by atoms with Crippen LogP contribution in [0.2, 0.25) is 0 Å². The third kappa shape index (κ3) is 3.30. The molecule has 0 atom stereocenters. The van der Waals surface area contributed by atoms with Gasteiger partial charge in [0.2, 0.25) is 0 Å². The first-order valence-corrected chi connectivity index (χ1v) is 6.60. The fourth-order valence-electron chi connectivity index (χ4n) is 2.42. The number of aromatic nitrogens is 2. The van der Waals surface area contributed by atoms with Crippen molar-refractivity contribution in [2.45, 2.75) is 45.3 Å². The van der Waals surface area contributed by atoms with E-state index in [0.717, 1.165) is 12.4 Å². The van der Waals surface area contributed by atoms with Gasteiger partial charge in [0.25, 0.3) is 0 Å². The molecule has 2 heterocycles. The molecule has 0 spiro atoms. The Balaban J connectivity index is 1.74. The van der Waals surface area contributed by atoms with Crippen LogP contribution in [0.1, 0.15) is 32.5 Å². The third-order valence-corrected chi connectivity index (χ3v) is 3.73. The van der Waals surface area contributed by atoms with Gasteiger partial charge in [0.1, 0.15) is 5.82 Å². The van der Waals surface area contributed by atoms with Crippen molar-refractivity contribution in [3.63, 3.8) is 0 Å². The van der Waals surface area contributed by atoms with Crippen LogP contribution in [-0.2, 0) is 13.6 Å². The van der Waals surface area contributed by atoms with E-state index in [9.17, 15) is 0 Å². The molecule has 0 aliphatic carbocycles. The number of nitrogens with zero attached hydrogens (tertiary/aromatic N) is 3. The highest BCUT2D eigenvalue weighted by molar-refractivity contribution is 4.91. The monoisotopic (exact) mass is 236 g/mol. The summed E-state index contributed by atoms with van der Waals surface area (Å²) in [5.74, 6) is 1.12. The van der Waals surface area contributed by atoms with Crippen LogP contribution in [0, 0.1) is 0 Å². The Labute approximate surface area is 104 Å². The van der Waals surface area contributed by atoms with Crippen LogP contribution in [0.25, 0.3) is 0 Å². The zero-order valence-corrected chi connectivity index (χ0v) is 11.2. The number of hydrogen-bond donors (Lipinski definition) is 1. The van der Waals surface area contributed by atoms with E-state index in [0.29, 0.717) is 12.1 Å². The van der Waals surface area contributed by atoms with Gasteiger partial charge in [-0.05, 0) is 39.8 Å². The van der Waals surface area contributed by atoms with Gasteiger partial charge in [-0.2, -0.15) is 0 Å². The highest BCUT2D eigenvalue weighted by atomic mass is 15.2. The van der Waals surface area contributed by atoms with Crippen LogP contribution < -0.4 is 5.32 Å². The van der Waals surface area contributed by atoms with E-state index in [-0.39, 0.29) is 0 Å². The molecule has 0 saturated carbocycles. The average molecular weight is 236 g/mol. The molecule has 0 bridgehead atoms. The van der Waals surface area contributed by atoms with Crippen LogP contribution in [0.15, 0.2) is 12.4 Å². The van der Waals surface area contributed by atoms with Gasteiger partial charge in [0.05, 0.1) is 6.54 Å². The SMILES string of the molecule is CC(C)N1CCC(NCc2nccn2C)CC1.